The maximum atomic E-state index is 12.2. The topological polar surface area (TPSA) is 70.9 Å². The molecule has 0 unspecified atom stereocenters. The Bertz CT molecular complexity index is 959. The van der Waals surface area contributed by atoms with Crippen LogP contribution in [0.1, 0.15) is 21.5 Å². The summed E-state index contributed by atoms with van der Waals surface area (Å²) in [5.41, 5.74) is 4.33. The number of rotatable bonds is 6. The van der Waals surface area contributed by atoms with Gasteiger partial charge in [0.05, 0.1) is 11.8 Å². The van der Waals surface area contributed by atoms with Gasteiger partial charge in [0.15, 0.2) is 0 Å². The minimum atomic E-state index is -0.507. The highest BCUT2D eigenvalue weighted by molar-refractivity contribution is 9.10. The number of nitrogens with one attached hydrogen (secondary N) is 1. The van der Waals surface area contributed by atoms with E-state index in [9.17, 15) is 9.90 Å². The van der Waals surface area contributed by atoms with Crippen molar-refractivity contribution >= 4 is 28.1 Å². The molecule has 3 aromatic carbocycles. The summed E-state index contributed by atoms with van der Waals surface area (Å²) < 4.78 is 6.54. The van der Waals surface area contributed by atoms with E-state index < -0.39 is 5.91 Å². The van der Waals surface area contributed by atoms with Gasteiger partial charge in [0.1, 0.15) is 18.1 Å². The first-order valence-electron chi connectivity index (χ1n) is 8.21. The minimum Gasteiger partial charge on any atom is -0.507 e. The number of para-hydroxylation sites is 1. The van der Waals surface area contributed by atoms with Gasteiger partial charge in [-0.1, -0.05) is 58.4 Å². The van der Waals surface area contributed by atoms with E-state index in [1.54, 1.807) is 6.07 Å². The molecule has 3 aromatic rings. The molecule has 27 heavy (non-hydrogen) atoms. The predicted molar refractivity (Wildman–Crippen MR) is 108 cm³/mol. The Morgan fingerprint density at radius 1 is 1.07 bits per heavy atom. The third-order valence-electron chi connectivity index (χ3n) is 3.73. The van der Waals surface area contributed by atoms with Crippen LogP contribution in [0.15, 0.2) is 82.4 Å². The second kappa shape index (κ2) is 9.00. The Kier molecular flexibility index (Phi) is 6.22. The highest BCUT2D eigenvalue weighted by atomic mass is 79.9. The van der Waals surface area contributed by atoms with Gasteiger partial charge in [-0.2, -0.15) is 5.10 Å². The summed E-state index contributed by atoms with van der Waals surface area (Å²) in [6.07, 6.45) is 1.51. The van der Waals surface area contributed by atoms with Gasteiger partial charge in [-0.15, -0.1) is 0 Å². The molecule has 0 saturated heterocycles. The largest absolute Gasteiger partial charge is 0.507 e. The van der Waals surface area contributed by atoms with Crippen LogP contribution >= 0.6 is 15.9 Å². The number of phenolic OH excluding ortho intramolecular Hbond substituents is 1. The number of carbonyl (C=O) groups is 1. The summed E-state index contributed by atoms with van der Waals surface area (Å²) in [7, 11) is 0. The van der Waals surface area contributed by atoms with E-state index in [0.717, 1.165) is 11.1 Å². The average molecular weight is 425 g/mol. The normalized spacial score (nSPS) is 10.7. The number of halogens is 1. The van der Waals surface area contributed by atoms with Gasteiger partial charge in [0.25, 0.3) is 5.91 Å². The van der Waals surface area contributed by atoms with Gasteiger partial charge in [0.2, 0.25) is 0 Å². The van der Waals surface area contributed by atoms with Crippen LogP contribution in [0.2, 0.25) is 0 Å². The number of amides is 1. The van der Waals surface area contributed by atoms with Crippen molar-refractivity contribution in [3.63, 3.8) is 0 Å². The summed E-state index contributed by atoms with van der Waals surface area (Å²) in [6, 6.07) is 21.9. The zero-order valence-corrected chi connectivity index (χ0v) is 15.9. The van der Waals surface area contributed by atoms with Gasteiger partial charge in [-0.3, -0.25) is 4.79 Å². The number of benzene rings is 3. The lowest BCUT2D eigenvalue weighted by atomic mass is 10.2. The number of hydrogen-bond donors (Lipinski definition) is 2. The van der Waals surface area contributed by atoms with Crippen LogP contribution < -0.4 is 10.2 Å². The third-order valence-corrected chi connectivity index (χ3v) is 4.22. The fraction of sp³-hybridized carbons (Fsp3) is 0.0476. The molecule has 0 aliphatic heterocycles. The van der Waals surface area contributed by atoms with E-state index in [-0.39, 0.29) is 11.3 Å². The first-order chi connectivity index (χ1) is 13.1. The van der Waals surface area contributed by atoms with Crippen LogP contribution in [-0.4, -0.2) is 17.2 Å². The summed E-state index contributed by atoms with van der Waals surface area (Å²) >= 11 is 3.27. The Morgan fingerprint density at radius 2 is 1.81 bits per heavy atom. The van der Waals surface area contributed by atoms with E-state index in [2.05, 4.69) is 26.5 Å². The van der Waals surface area contributed by atoms with Gasteiger partial charge in [0, 0.05) is 10.0 Å². The standard InChI is InChI=1S/C21H17BrN2O3/c22-17-10-11-19(25)18(12-17)21(26)24-23-13-16-8-4-5-9-20(16)27-14-15-6-2-1-3-7-15/h1-13,25H,14H2,(H,24,26)/b23-13-. The van der Waals surface area contributed by atoms with Crippen molar-refractivity contribution in [3.8, 4) is 11.5 Å². The first kappa shape index (κ1) is 18.7. The maximum Gasteiger partial charge on any atom is 0.275 e. The SMILES string of the molecule is O=C(N/N=C\c1ccccc1OCc1ccccc1)c1cc(Br)ccc1O. The lowest BCUT2D eigenvalue weighted by molar-refractivity contribution is 0.0952. The predicted octanol–water partition coefficient (Wildman–Crippen LogP) is 4.50. The number of hydrogen-bond acceptors (Lipinski definition) is 4. The molecule has 0 atom stereocenters. The molecule has 2 N–H and O–H groups in total. The molecule has 0 aliphatic carbocycles. The number of carbonyl (C=O) groups excluding carboxylic acids is 1. The van der Waals surface area contributed by atoms with Crippen molar-refractivity contribution in [2.24, 2.45) is 5.10 Å². The minimum absolute atomic E-state index is 0.113. The highest BCUT2D eigenvalue weighted by Gasteiger charge is 2.10. The summed E-state index contributed by atoms with van der Waals surface area (Å²) in [4.78, 5) is 12.2. The average Bonchev–Trinajstić information content (AvgIpc) is 2.69. The van der Waals surface area contributed by atoms with Crippen molar-refractivity contribution in [2.75, 3.05) is 0 Å². The molecule has 136 valence electrons. The Labute approximate surface area is 165 Å². The first-order valence-corrected chi connectivity index (χ1v) is 9.00. The molecule has 0 radical (unpaired) electrons. The van der Waals surface area contributed by atoms with Crippen molar-refractivity contribution in [2.45, 2.75) is 6.61 Å². The van der Waals surface area contributed by atoms with Gasteiger partial charge >= 0.3 is 0 Å². The molecule has 0 saturated carbocycles. The molecule has 0 aromatic heterocycles. The number of phenols is 1. The molecule has 3 rings (SSSR count). The monoisotopic (exact) mass is 424 g/mol. The van der Waals surface area contributed by atoms with E-state index in [4.69, 9.17) is 4.74 Å². The van der Waals surface area contributed by atoms with E-state index in [1.165, 1.54) is 18.3 Å². The lowest BCUT2D eigenvalue weighted by Gasteiger charge is -2.09. The van der Waals surface area contributed by atoms with Crippen LogP contribution in [0.3, 0.4) is 0 Å². The molecule has 0 heterocycles. The highest BCUT2D eigenvalue weighted by Crippen LogP contribution is 2.22. The van der Waals surface area contributed by atoms with Crippen LogP contribution in [0.5, 0.6) is 11.5 Å². The van der Waals surface area contributed by atoms with Crippen molar-refractivity contribution in [1.29, 1.82) is 0 Å². The molecule has 5 nitrogen and oxygen atoms in total. The Balaban J connectivity index is 1.66. The summed E-state index contributed by atoms with van der Waals surface area (Å²) in [5.74, 6) is 0.0369. The molecule has 0 spiro atoms. The zero-order valence-electron chi connectivity index (χ0n) is 14.3. The number of aromatic hydroxyl groups is 1. The molecular weight excluding hydrogens is 408 g/mol. The maximum absolute atomic E-state index is 12.2. The third kappa shape index (κ3) is 5.18. The smallest absolute Gasteiger partial charge is 0.275 e. The fourth-order valence-corrected chi connectivity index (χ4v) is 2.73. The van der Waals surface area contributed by atoms with E-state index >= 15 is 0 Å². The molecular formula is C21H17BrN2O3. The Hall–Kier alpha value is -3.12. The van der Waals surface area contributed by atoms with E-state index in [1.807, 2.05) is 54.6 Å². The molecule has 0 bridgehead atoms. The molecule has 1 amide bonds. The van der Waals surface area contributed by atoms with Crippen LogP contribution in [0.25, 0.3) is 0 Å². The van der Waals surface area contributed by atoms with E-state index in [0.29, 0.717) is 16.8 Å². The second-order valence-corrected chi connectivity index (χ2v) is 6.59. The van der Waals surface area contributed by atoms with Gasteiger partial charge < -0.3 is 9.84 Å². The molecule has 0 fully saturated rings. The lowest BCUT2D eigenvalue weighted by Crippen LogP contribution is -2.17. The van der Waals surface area contributed by atoms with Crippen LogP contribution in [0, 0.1) is 0 Å². The van der Waals surface area contributed by atoms with Gasteiger partial charge in [-0.25, -0.2) is 5.43 Å². The number of hydrazone groups is 1. The van der Waals surface area contributed by atoms with Crippen LogP contribution in [0.4, 0.5) is 0 Å². The molecule has 6 heteroatoms. The van der Waals surface area contributed by atoms with Crippen molar-refractivity contribution in [3.05, 3.63) is 94.0 Å². The molecule has 0 aliphatic rings. The quantitative estimate of drug-likeness (QED) is 0.452. The van der Waals surface area contributed by atoms with Gasteiger partial charge in [-0.05, 0) is 35.9 Å². The van der Waals surface area contributed by atoms with Crippen molar-refractivity contribution in [1.82, 2.24) is 5.43 Å². The fourth-order valence-electron chi connectivity index (χ4n) is 2.36. The summed E-state index contributed by atoms with van der Waals surface area (Å²) in [6.45, 7) is 0.434. The summed E-state index contributed by atoms with van der Waals surface area (Å²) in [5, 5.41) is 13.8. The van der Waals surface area contributed by atoms with Crippen molar-refractivity contribution < 1.29 is 14.6 Å². The Morgan fingerprint density at radius 3 is 2.63 bits per heavy atom. The second-order valence-electron chi connectivity index (χ2n) is 5.67. The van der Waals surface area contributed by atoms with Crippen LogP contribution in [-0.2, 0) is 6.61 Å². The number of nitrogens with zero attached hydrogens (tertiary/aromatic N) is 1. The zero-order chi connectivity index (χ0) is 19.1. The number of ether oxygens (including phenoxy) is 1.